The summed E-state index contributed by atoms with van der Waals surface area (Å²) in [6.45, 7) is 1.78. The van der Waals surface area contributed by atoms with E-state index < -0.39 is 11.7 Å². The van der Waals surface area contributed by atoms with Crippen LogP contribution in [0.2, 0.25) is 5.02 Å². The topological polar surface area (TPSA) is 12.0 Å². The predicted octanol–water partition coefficient (Wildman–Crippen LogP) is 6.29. The minimum absolute atomic E-state index is 0.0451. The lowest BCUT2D eigenvalue weighted by Gasteiger charge is -2.21. The molecule has 2 rings (SSSR count). The Morgan fingerprint density at radius 2 is 1.76 bits per heavy atom. The molecule has 0 spiro atoms. The molecule has 0 amide bonds. The molecule has 0 saturated carbocycles. The van der Waals surface area contributed by atoms with E-state index in [1.165, 1.54) is 12.1 Å². The van der Waals surface area contributed by atoms with Crippen LogP contribution in [0.4, 0.5) is 18.9 Å². The van der Waals surface area contributed by atoms with Crippen LogP contribution in [0.3, 0.4) is 0 Å². The van der Waals surface area contributed by atoms with Gasteiger partial charge in [0.1, 0.15) is 0 Å². The lowest BCUT2D eigenvalue weighted by atomic mass is 10.1. The second kappa shape index (κ2) is 6.28. The van der Waals surface area contributed by atoms with Crippen LogP contribution < -0.4 is 5.32 Å². The molecule has 2 aromatic carbocycles. The molecule has 0 heterocycles. The van der Waals surface area contributed by atoms with Gasteiger partial charge in [-0.3, -0.25) is 0 Å². The van der Waals surface area contributed by atoms with Crippen LogP contribution in [0.15, 0.2) is 46.9 Å². The molecular weight excluding hydrogens is 367 g/mol. The van der Waals surface area contributed by atoms with Gasteiger partial charge in [0.05, 0.1) is 16.3 Å². The molecule has 1 unspecified atom stereocenters. The Labute approximate surface area is 134 Å². The fourth-order valence-corrected chi connectivity index (χ4v) is 2.88. The zero-order chi connectivity index (χ0) is 15.6. The van der Waals surface area contributed by atoms with Gasteiger partial charge in [-0.15, -0.1) is 0 Å². The van der Waals surface area contributed by atoms with Crippen molar-refractivity contribution >= 4 is 33.2 Å². The van der Waals surface area contributed by atoms with Crippen molar-refractivity contribution in [2.24, 2.45) is 0 Å². The van der Waals surface area contributed by atoms with E-state index >= 15 is 0 Å². The summed E-state index contributed by atoms with van der Waals surface area (Å²) in [6, 6.07) is 10.8. The van der Waals surface area contributed by atoms with E-state index in [0.717, 1.165) is 16.1 Å². The van der Waals surface area contributed by atoms with Crippen LogP contribution in [0.1, 0.15) is 24.1 Å². The van der Waals surface area contributed by atoms with Crippen molar-refractivity contribution in [3.8, 4) is 0 Å². The molecule has 1 nitrogen and oxygen atoms in total. The van der Waals surface area contributed by atoms with Gasteiger partial charge < -0.3 is 5.32 Å². The largest absolute Gasteiger partial charge is 0.418 e. The maximum absolute atomic E-state index is 13.1. The Hall–Kier alpha value is -1.20. The maximum Gasteiger partial charge on any atom is 0.418 e. The average Bonchev–Trinajstić information content (AvgIpc) is 2.40. The molecule has 0 aromatic heterocycles. The SMILES string of the molecule is CC(Nc1c(Cl)cccc1C(F)(F)F)c1ccccc1Br. The van der Waals surface area contributed by atoms with Crippen LogP contribution in [0, 0.1) is 0 Å². The van der Waals surface area contributed by atoms with Gasteiger partial charge in [-0.05, 0) is 30.7 Å². The van der Waals surface area contributed by atoms with Crippen LogP contribution in [0.5, 0.6) is 0 Å². The Balaban J connectivity index is 2.38. The van der Waals surface area contributed by atoms with Crippen LogP contribution >= 0.6 is 27.5 Å². The molecular formula is C15H12BrClF3N. The number of rotatable bonds is 3. The standard InChI is InChI=1S/C15H12BrClF3N/c1-9(10-5-2-3-7-12(10)16)21-14-11(15(18,19)20)6-4-8-13(14)17/h2-9,21H,1H3. The molecule has 6 heteroatoms. The van der Waals surface area contributed by atoms with Crippen LogP contribution in [-0.4, -0.2) is 0 Å². The van der Waals surface area contributed by atoms with Crippen molar-refractivity contribution < 1.29 is 13.2 Å². The normalized spacial score (nSPS) is 13.0. The number of halogens is 5. The van der Waals surface area contributed by atoms with Crippen molar-refractivity contribution in [3.05, 3.63) is 63.1 Å². The second-order valence-electron chi connectivity index (χ2n) is 4.55. The monoisotopic (exact) mass is 377 g/mol. The number of anilines is 1. The van der Waals surface area contributed by atoms with Gasteiger partial charge in [-0.2, -0.15) is 13.2 Å². The average molecular weight is 379 g/mol. The number of alkyl halides is 3. The van der Waals surface area contributed by atoms with Crippen molar-refractivity contribution in [2.75, 3.05) is 5.32 Å². The van der Waals surface area contributed by atoms with Crippen LogP contribution in [0.25, 0.3) is 0 Å². The molecule has 21 heavy (non-hydrogen) atoms. The number of para-hydroxylation sites is 1. The summed E-state index contributed by atoms with van der Waals surface area (Å²) in [4.78, 5) is 0. The van der Waals surface area contributed by atoms with Crippen molar-refractivity contribution in [2.45, 2.75) is 19.1 Å². The van der Waals surface area contributed by atoms with Crippen molar-refractivity contribution in [1.82, 2.24) is 0 Å². The Kier molecular flexibility index (Phi) is 4.84. The molecule has 112 valence electrons. The fourth-order valence-electron chi connectivity index (χ4n) is 2.03. The lowest BCUT2D eigenvalue weighted by molar-refractivity contribution is -0.137. The van der Waals surface area contributed by atoms with E-state index in [2.05, 4.69) is 21.2 Å². The smallest absolute Gasteiger partial charge is 0.377 e. The summed E-state index contributed by atoms with van der Waals surface area (Å²) in [5.74, 6) is 0. The van der Waals surface area contributed by atoms with E-state index in [0.29, 0.717) is 0 Å². The van der Waals surface area contributed by atoms with E-state index in [1.54, 1.807) is 6.92 Å². The van der Waals surface area contributed by atoms with Gasteiger partial charge in [0, 0.05) is 10.5 Å². The first-order chi connectivity index (χ1) is 9.80. The fraction of sp³-hybridized carbons (Fsp3) is 0.200. The minimum Gasteiger partial charge on any atom is -0.377 e. The molecule has 1 atom stereocenters. The van der Waals surface area contributed by atoms with Gasteiger partial charge in [-0.25, -0.2) is 0 Å². The summed E-state index contributed by atoms with van der Waals surface area (Å²) in [6.07, 6.45) is -4.46. The highest BCUT2D eigenvalue weighted by Crippen LogP contribution is 2.40. The summed E-state index contributed by atoms with van der Waals surface area (Å²) in [7, 11) is 0. The molecule has 0 fully saturated rings. The van der Waals surface area contributed by atoms with E-state index in [9.17, 15) is 13.2 Å². The van der Waals surface area contributed by atoms with Gasteiger partial charge >= 0.3 is 6.18 Å². The van der Waals surface area contributed by atoms with Gasteiger partial charge in [0.25, 0.3) is 0 Å². The van der Waals surface area contributed by atoms with Crippen LogP contribution in [-0.2, 0) is 6.18 Å². The third-order valence-corrected chi connectivity index (χ3v) is 4.09. The third-order valence-electron chi connectivity index (χ3n) is 3.05. The Morgan fingerprint density at radius 1 is 1.10 bits per heavy atom. The van der Waals surface area contributed by atoms with E-state index in [-0.39, 0.29) is 16.8 Å². The Morgan fingerprint density at radius 3 is 2.38 bits per heavy atom. The van der Waals surface area contributed by atoms with Gasteiger partial charge in [0.15, 0.2) is 0 Å². The predicted molar refractivity (Wildman–Crippen MR) is 82.6 cm³/mol. The van der Waals surface area contributed by atoms with E-state index in [1.807, 2.05) is 24.3 Å². The Bertz CT molecular complexity index is 643. The summed E-state index contributed by atoms with van der Waals surface area (Å²) < 4.78 is 40.0. The van der Waals surface area contributed by atoms with Crippen molar-refractivity contribution in [1.29, 1.82) is 0 Å². The number of benzene rings is 2. The maximum atomic E-state index is 13.1. The van der Waals surface area contributed by atoms with E-state index in [4.69, 9.17) is 11.6 Å². The summed E-state index contributed by atoms with van der Waals surface area (Å²) in [5, 5.41) is 2.91. The quantitative estimate of drug-likeness (QED) is 0.661. The molecule has 0 saturated heterocycles. The minimum atomic E-state index is -4.46. The molecule has 0 aliphatic heterocycles. The second-order valence-corrected chi connectivity index (χ2v) is 5.81. The molecule has 0 bridgehead atoms. The highest BCUT2D eigenvalue weighted by molar-refractivity contribution is 9.10. The highest BCUT2D eigenvalue weighted by atomic mass is 79.9. The molecule has 2 aromatic rings. The first-order valence-electron chi connectivity index (χ1n) is 6.17. The zero-order valence-corrected chi connectivity index (χ0v) is 13.4. The van der Waals surface area contributed by atoms with Gasteiger partial charge in [-0.1, -0.05) is 51.8 Å². The lowest BCUT2D eigenvalue weighted by Crippen LogP contribution is -2.14. The number of nitrogens with one attached hydrogen (secondary N) is 1. The van der Waals surface area contributed by atoms with Gasteiger partial charge in [0.2, 0.25) is 0 Å². The first kappa shape index (κ1) is 16.2. The number of hydrogen-bond acceptors (Lipinski definition) is 1. The third kappa shape index (κ3) is 3.71. The zero-order valence-electron chi connectivity index (χ0n) is 11.0. The first-order valence-corrected chi connectivity index (χ1v) is 7.34. The molecule has 0 aliphatic rings. The molecule has 1 N–H and O–H groups in total. The number of hydrogen-bond donors (Lipinski definition) is 1. The molecule has 0 aliphatic carbocycles. The van der Waals surface area contributed by atoms with Crippen molar-refractivity contribution in [3.63, 3.8) is 0 Å². The summed E-state index contributed by atoms with van der Waals surface area (Å²) in [5.41, 5.74) is -0.0191. The summed E-state index contributed by atoms with van der Waals surface area (Å²) >= 11 is 9.32. The highest BCUT2D eigenvalue weighted by Gasteiger charge is 2.34. The molecule has 0 radical (unpaired) electrons.